The van der Waals surface area contributed by atoms with Gasteiger partial charge in [0, 0.05) is 10.5 Å². The van der Waals surface area contributed by atoms with Gasteiger partial charge >= 0.3 is 0 Å². The normalized spacial score (nSPS) is 12.4. The van der Waals surface area contributed by atoms with Crippen LogP contribution in [0.2, 0.25) is 0 Å². The van der Waals surface area contributed by atoms with Crippen LogP contribution in [-0.2, 0) is 0 Å². The lowest BCUT2D eigenvalue weighted by atomic mass is 9.97. The molecule has 0 aromatic heterocycles. The largest absolute Gasteiger partial charge is 0.309 e. The van der Waals surface area contributed by atoms with Crippen molar-refractivity contribution in [3.8, 4) is 0 Å². The summed E-state index contributed by atoms with van der Waals surface area (Å²) < 4.78 is 28.6. The van der Waals surface area contributed by atoms with Gasteiger partial charge in [-0.15, -0.1) is 11.8 Å². The van der Waals surface area contributed by atoms with Gasteiger partial charge in [-0.2, -0.15) is 0 Å². The van der Waals surface area contributed by atoms with Crippen molar-refractivity contribution in [2.45, 2.75) is 10.9 Å². The molecule has 0 radical (unpaired) electrons. The summed E-state index contributed by atoms with van der Waals surface area (Å²) >= 11 is 4.66. The Morgan fingerprint density at radius 2 is 1.85 bits per heavy atom. The first kappa shape index (κ1) is 15.5. The van der Waals surface area contributed by atoms with E-state index in [4.69, 9.17) is 0 Å². The van der Waals surface area contributed by atoms with E-state index in [0.717, 1.165) is 10.5 Å². The van der Waals surface area contributed by atoms with E-state index in [0.29, 0.717) is 0 Å². The molecule has 20 heavy (non-hydrogen) atoms. The Kier molecular flexibility index (Phi) is 5.18. The first-order valence-corrected chi connectivity index (χ1v) is 8.05. The molecule has 1 atom stereocenters. The molecule has 5 heteroatoms. The lowest BCUT2D eigenvalue weighted by molar-refractivity contribution is 0.516. The maximum atomic E-state index is 14.3. The van der Waals surface area contributed by atoms with Crippen LogP contribution in [0, 0.1) is 11.6 Å². The van der Waals surface area contributed by atoms with Crippen LogP contribution in [0.5, 0.6) is 0 Å². The minimum Gasteiger partial charge on any atom is -0.309 e. The first-order valence-electron chi connectivity index (χ1n) is 6.03. The number of halogens is 3. The van der Waals surface area contributed by atoms with Gasteiger partial charge in [0.25, 0.3) is 0 Å². The fourth-order valence-corrected chi connectivity index (χ4v) is 3.15. The molecule has 2 rings (SSSR count). The SMILES string of the molecule is CNC(c1ccccc1SC)c1c(F)ccc(Br)c1F. The van der Waals surface area contributed by atoms with E-state index in [1.165, 1.54) is 12.1 Å². The average molecular weight is 358 g/mol. The van der Waals surface area contributed by atoms with E-state index in [9.17, 15) is 8.78 Å². The Morgan fingerprint density at radius 3 is 2.50 bits per heavy atom. The molecule has 0 aliphatic rings. The maximum Gasteiger partial charge on any atom is 0.145 e. The predicted molar refractivity (Wildman–Crippen MR) is 83.2 cm³/mol. The highest BCUT2D eigenvalue weighted by atomic mass is 79.9. The smallest absolute Gasteiger partial charge is 0.145 e. The zero-order chi connectivity index (χ0) is 14.7. The number of rotatable bonds is 4. The van der Waals surface area contributed by atoms with Gasteiger partial charge in [-0.3, -0.25) is 0 Å². The highest BCUT2D eigenvalue weighted by Gasteiger charge is 2.24. The molecule has 106 valence electrons. The average Bonchev–Trinajstić information content (AvgIpc) is 2.47. The summed E-state index contributed by atoms with van der Waals surface area (Å²) in [7, 11) is 1.70. The van der Waals surface area contributed by atoms with Gasteiger partial charge in [-0.1, -0.05) is 18.2 Å². The van der Waals surface area contributed by atoms with Crippen molar-refractivity contribution in [1.29, 1.82) is 0 Å². The van der Waals surface area contributed by atoms with Crippen LogP contribution in [0.1, 0.15) is 17.2 Å². The van der Waals surface area contributed by atoms with E-state index in [1.54, 1.807) is 18.8 Å². The molecule has 2 aromatic rings. The van der Waals surface area contributed by atoms with Gasteiger partial charge in [-0.05, 0) is 53.0 Å². The molecule has 0 heterocycles. The molecule has 0 amide bonds. The molecule has 1 N–H and O–H groups in total. The zero-order valence-corrected chi connectivity index (χ0v) is 13.5. The third kappa shape index (κ3) is 2.90. The first-order chi connectivity index (χ1) is 9.60. The third-order valence-corrected chi connectivity index (χ3v) is 4.53. The van der Waals surface area contributed by atoms with Crippen molar-refractivity contribution >= 4 is 27.7 Å². The second kappa shape index (κ2) is 6.70. The van der Waals surface area contributed by atoms with E-state index < -0.39 is 17.7 Å². The summed E-state index contributed by atoms with van der Waals surface area (Å²) in [6.07, 6.45) is 1.94. The molecule has 0 fully saturated rings. The van der Waals surface area contributed by atoms with Crippen LogP contribution >= 0.6 is 27.7 Å². The van der Waals surface area contributed by atoms with E-state index in [2.05, 4.69) is 21.2 Å². The number of thioether (sulfide) groups is 1. The maximum absolute atomic E-state index is 14.3. The Bertz CT molecular complexity index is 619. The fourth-order valence-electron chi connectivity index (χ4n) is 2.17. The van der Waals surface area contributed by atoms with Crippen LogP contribution in [-0.4, -0.2) is 13.3 Å². The Balaban J connectivity index is 2.62. The highest BCUT2D eigenvalue weighted by Crippen LogP contribution is 2.34. The van der Waals surface area contributed by atoms with Gasteiger partial charge in [0.15, 0.2) is 0 Å². The van der Waals surface area contributed by atoms with Crippen LogP contribution in [0.15, 0.2) is 45.8 Å². The topological polar surface area (TPSA) is 12.0 Å². The van der Waals surface area contributed by atoms with E-state index in [1.807, 2.05) is 30.5 Å². The van der Waals surface area contributed by atoms with E-state index in [-0.39, 0.29) is 10.0 Å². The molecule has 0 saturated carbocycles. The van der Waals surface area contributed by atoms with Crippen molar-refractivity contribution in [1.82, 2.24) is 5.32 Å². The second-order valence-electron chi connectivity index (χ2n) is 4.22. The van der Waals surface area contributed by atoms with Crippen LogP contribution in [0.25, 0.3) is 0 Å². The van der Waals surface area contributed by atoms with Crippen molar-refractivity contribution < 1.29 is 8.78 Å². The Morgan fingerprint density at radius 1 is 1.15 bits per heavy atom. The predicted octanol–water partition coefficient (Wildman–Crippen LogP) is 4.76. The molecule has 0 bridgehead atoms. The molecule has 0 aliphatic carbocycles. The second-order valence-corrected chi connectivity index (χ2v) is 5.92. The monoisotopic (exact) mass is 357 g/mol. The molecule has 0 aliphatic heterocycles. The van der Waals surface area contributed by atoms with Gasteiger partial charge in [0.2, 0.25) is 0 Å². The minimum atomic E-state index is -0.569. The number of hydrogen-bond acceptors (Lipinski definition) is 2. The number of benzene rings is 2. The van der Waals surface area contributed by atoms with Crippen molar-refractivity contribution in [3.05, 3.63) is 63.6 Å². The standard InChI is InChI=1S/C15H14BrF2NS/c1-19-15(9-5-3-4-6-12(9)20-2)13-11(17)8-7-10(16)14(13)18/h3-8,15,19H,1-2H3. The van der Waals surface area contributed by atoms with Crippen LogP contribution in [0.4, 0.5) is 8.78 Å². The van der Waals surface area contributed by atoms with Crippen molar-refractivity contribution in [3.63, 3.8) is 0 Å². The van der Waals surface area contributed by atoms with Gasteiger partial charge in [0.1, 0.15) is 11.6 Å². The number of nitrogens with one attached hydrogen (secondary N) is 1. The highest BCUT2D eigenvalue weighted by molar-refractivity contribution is 9.10. The minimum absolute atomic E-state index is 0.0309. The molecule has 1 nitrogen and oxygen atoms in total. The lowest BCUT2D eigenvalue weighted by Crippen LogP contribution is -2.21. The zero-order valence-electron chi connectivity index (χ0n) is 11.1. The summed E-state index contributed by atoms with van der Waals surface area (Å²) in [6, 6.07) is 9.72. The summed E-state index contributed by atoms with van der Waals surface area (Å²) in [5.41, 5.74) is 0.891. The quantitative estimate of drug-likeness (QED) is 0.625. The van der Waals surface area contributed by atoms with Gasteiger partial charge < -0.3 is 5.32 Å². The fraction of sp³-hybridized carbons (Fsp3) is 0.200. The molecule has 0 spiro atoms. The Labute approximate surface area is 129 Å². The van der Waals surface area contributed by atoms with Crippen LogP contribution in [0.3, 0.4) is 0 Å². The summed E-state index contributed by atoms with van der Waals surface area (Å²) in [6.45, 7) is 0. The molecular formula is C15H14BrF2NS. The van der Waals surface area contributed by atoms with E-state index >= 15 is 0 Å². The number of hydrogen-bond donors (Lipinski definition) is 1. The molecular weight excluding hydrogens is 344 g/mol. The summed E-state index contributed by atoms with van der Waals surface area (Å²) in [4.78, 5) is 0.991. The van der Waals surface area contributed by atoms with Crippen molar-refractivity contribution in [2.24, 2.45) is 0 Å². The van der Waals surface area contributed by atoms with Gasteiger partial charge in [-0.25, -0.2) is 8.78 Å². The van der Waals surface area contributed by atoms with Gasteiger partial charge in [0.05, 0.1) is 10.5 Å². The summed E-state index contributed by atoms with van der Waals surface area (Å²) in [5, 5.41) is 3.00. The molecule has 0 saturated heterocycles. The van der Waals surface area contributed by atoms with Crippen molar-refractivity contribution in [2.75, 3.05) is 13.3 Å². The Hall–Kier alpha value is -0.910. The molecule has 1 unspecified atom stereocenters. The summed E-state index contributed by atoms with van der Waals surface area (Å²) in [5.74, 6) is -1.12. The lowest BCUT2D eigenvalue weighted by Gasteiger charge is -2.21. The van der Waals surface area contributed by atoms with Crippen LogP contribution < -0.4 is 5.32 Å². The third-order valence-electron chi connectivity index (χ3n) is 3.11. The molecule has 2 aromatic carbocycles.